The molecular formula is C11H9F2N3O. The summed E-state index contributed by atoms with van der Waals surface area (Å²) in [6.45, 7) is 0. The highest BCUT2D eigenvalue weighted by molar-refractivity contribution is 5.98. The monoisotopic (exact) mass is 237 g/mol. The van der Waals surface area contributed by atoms with Gasteiger partial charge in [0.2, 0.25) is 0 Å². The van der Waals surface area contributed by atoms with Gasteiger partial charge in [-0.2, -0.15) is 0 Å². The smallest absolute Gasteiger partial charge is 0.267 e. The van der Waals surface area contributed by atoms with Gasteiger partial charge in [0.05, 0.1) is 0 Å². The minimum Gasteiger partial charge on any atom is -0.364 e. The lowest BCUT2D eigenvalue weighted by Crippen LogP contribution is -2.21. The van der Waals surface area contributed by atoms with Crippen molar-refractivity contribution >= 4 is 5.91 Å². The molecule has 0 radical (unpaired) electrons. The lowest BCUT2D eigenvalue weighted by molar-refractivity contribution is 0.0994. The Bertz CT molecular complexity index is 572. The molecule has 6 heteroatoms. The predicted molar refractivity (Wildman–Crippen MR) is 58.5 cm³/mol. The van der Waals surface area contributed by atoms with E-state index in [0.717, 1.165) is 22.9 Å². The summed E-state index contributed by atoms with van der Waals surface area (Å²) >= 11 is 0. The Morgan fingerprint density at radius 3 is 2.29 bits per heavy atom. The second-order valence-corrected chi connectivity index (χ2v) is 3.51. The van der Waals surface area contributed by atoms with Crippen molar-refractivity contribution in [2.24, 2.45) is 5.73 Å². The number of halogens is 2. The molecule has 1 aromatic carbocycles. The van der Waals surface area contributed by atoms with Gasteiger partial charge in [0.25, 0.3) is 5.91 Å². The van der Waals surface area contributed by atoms with Crippen LogP contribution in [-0.4, -0.2) is 10.6 Å². The summed E-state index contributed by atoms with van der Waals surface area (Å²) < 4.78 is 27.1. The van der Waals surface area contributed by atoms with Gasteiger partial charge < -0.3 is 11.6 Å². The van der Waals surface area contributed by atoms with Crippen LogP contribution < -0.4 is 11.6 Å². The largest absolute Gasteiger partial charge is 0.364 e. The lowest BCUT2D eigenvalue weighted by Gasteiger charge is -2.04. The summed E-state index contributed by atoms with van der Waals surface area (Å²) in [6, 6.07) is 4.41. The van der Waals surface area contributed by atoms with Crippen molar-refractivity contribution in [2.75, 3.05) is 5.84 Å². The van der Waals surface area contributed by atoms with Gasteiger partial charge in [-0.15, -0.1) is 0 Å². The minimum atomic E-state index is -0.767. The maximum Gasteiger partial charge on any atom is 0.267 e. The van der Waals surface area contributed by atoms with Crippen molar-refractivity contribution in [2.45, 2.75) is 0 Å². The quantitative estimate of drug-likeness (QED) is 0.771. The van der Waals surface area contributed by atoms with Gasteiger partial charge in [0.1, 0.15) is 17.3 Å². The van der Waals surface area contributed by atoms with Crippen LogP contribution in [0.15, 0.2) is 30.5 Å². The third kappa shape index (κ3) is 1.96. The number of aromatic nitrogens is 1. The summed E-state index contributed by atoms with van der Waals surface area (Å²) in [5, 5.41) is 0. The van der Waals surface area contributed by atoms with Crippen LogP contribution in [0.2, 0.25) is 0 Å². The minimum absolute atomic E-state index is 0.00463. The van der Waals surface area contributed by atoms with E-state index in [2.05, 4.69) is 0 Å². The SMILES string of the molecule is NC(=O)c1c(-c2cc(F)cc(F)c2)ccn1N. The van der Waals surface area contributed by atoms with Gasteiger partial charge in [0.15, 0.2) is 0 Å². The molecule has 4 nitrogen and oxygen atoms in total. The van der Waals surface area contributed by atoms with E-state index in [1.165, 1.54) is 12.3 Å². The molecule has 1 heterocycles. The zero-order chi connectivity index (χ0) is 12.6. The number of nitrogen functional groups attached to an aromatic ring is 1. The van der Waals surface area contributed by atoms with Crippen LogP contribution in [0.3, 0.4) is 0 Å². The lowest BCUT2D eigenvalue weighted by atomic mass is 10.1. The van der Waals surface area contributed by atoms with Crippen molar-refractivity contribution in [1.82, 2.24) is 4.68 Å². The van der Waals surface area contributed by atoms with Crippen LogP contribution in [0.5, 0.6) is 0 Å². The van der Waals surface area contributed by atoms with Gasteiger partial charge in [-0.05, 0) is 23.8 Å². The van der Waals surface area contributed by atoms with E-state index in [1.54, 1.807) is 0 Å². The van der Waals surface area contributed by atoms with Gasteiger partial charge in [0, 0.05) is 17.8 Å². The zero-order valence-corrected chi connectivity index (χ0v) is 8.65. The van der Waals surface area contributed by atoms with Crippen molar-refractivity contribution in [3.8, 4) is 11.1 Å². The number of primary amides is 1. The van der Waals surface area contributed by atoms with Crippen molar-refractivity contribution in [3.05, 3.63) is 47.8 Å². The first-order valence-electron chi connectivity index (χ1n) is 4.71. The Morgan fingerprint density at radius 2 is 1.76 bits per heavy atom. The highest BCUT2D eigenvalue weighted by atomic mass is 19.1. The van der Waals surface area contributed by atoms with Crippen molar-refractivity contribution < 1.29 is 13.6 Å². The van der Waals surface area contributed by atoms with E-state index < -0.39 is 17.5 Å². The topological polar surface area (TPSA) is 74.0 Å². The molecule has 1 amide bonds. The molecule has 0 unspecified atom stereocenters. The standard InChI is InChI=1S/C11H9F2N3O/c12-7-3-6(4-8(13)5-7)9-1-2-16(15)10(9)11(14)17/h1-5H,15H2,(H2,14,17). The van der Waals surface area contributed by atoms with Crippen molar-refractivity contribution in [3.63, 3.8) is 0 Å². The molecule has 0 aliphatic rings. The van der Waals surface area contributed by atoms with Crippen LogP contribution in [0, 0.1) is 11.6 Å². The first-order valence-corrected chi connectivity index (χ1v) is 4.71. The molecule has 0 spiro atoms. The molecular weight excluding hydrogens is 228 g/mol. The number of amides is 1. The molecule has 0 atom stereocenters. The molecule has 88 valence electrons. The highest BCUT2D eigenvalue weighted by Crippen LogP contribution is 2.25. The Kier molecular flexibility index (Phi) is 2.55. The van der Waals surface area contributed by atoms with Crippen LogP contribution in [0.1, 0.15) is 10.5 Å². The Labute approximate surface area is 95.4 Å². The van der Waals surface area contributed by atoms with Gasteiger partial charge in [-0.3, -0.25) is 9.47 Å². The number of carbonyl (C=O) groups is 1. The molecule has 0 bridgehead atoms. The number of benzene rings is 1. The summed E-state index contributed by atoms with van der Waals surface area (Å²) in [4.78, 5) is 11.2. The number of nitrogens with two attached hydrogens (primary N) is 2. The maximum absolute atomic E-state index is 13.1. The average molecular weight is 237 g/mol. The third-order valence-electron chi connectivity index (χ3n) is 2.32. The molecule has 1 aromatic heterocycles. The summed E-state index contributed by atoms with van der Waals surface area (Å²) in [6.07, 6.45) is 1.39. The van der Waals surface area contributed by atoms with Crippen LogP contribution in [-0.2, 0) is 0 Å². The molecule has 4 N–H and O–H groups in total. The maximum atomic E-state index is 13.1. The molecule has 0 aliphatic carbocycles. The van der Waals surface area contributed by atoms with E-state index in [1.807, 2.05) is 0 Å². The first-order chi connectivity index (χ1) is 7.99. The number of nitrogens with zero attached hydrogens (tertiary/aromatic N) is 1. The molecule has 2 rings (SSSR count). The fraction of sp³-hybridized carbons (Fsp3) is 0. The van der Waals surface area contributed by atoms with Crippen LogP contribution in [0.4, 0.5) is 8.78 Å². The van der Waals surface area contributed by atoms with Gasteiger partial charge in [-0.1, -0.05) is 0 Å². The zero-order valence-electron chi connectivity index (χ0n) is 8.65. The number of carbonyl (C=O) groups excluding carboxylic acids is 1. The number of hydrogen-bond acceptors (Lipinski definition) is 2. The normalized spacial score (nSPS) is 10.5. The number of rotatable bonds is 2. The van der Waals surface area contributed by atoms with Gasteiger partial charge >= 0.3 is 0 Å². The second kappa shape index (κ2) is 3.89. The van der Waals surface area contributed by atoms with E-state index in [9.17, 15) is 13.6 Å². The summed E-state index contributed by atoms with van der Waals surface area (Å²) in [5.41, 5.74) is 5.64. The molecule has 17 heavy (non-hydrogen) atoms. The summed E-state index contributed by atoms with van der Waals surface area (Å²) in [7, 11) is 0. The van der Waals surface area contributed by atoms with Crippen molar-refractivity contribution in [1.29, 1.82) is 0 Å². The Hall–Kier alpha value is -2.37. The summed E-state index contributed by atoms with van der Waals surface area (Å²) in [5.74, 6) is 3.25. The van der Waals surface area contributed by atoms with Crippen LogP contribution in [0.25, 0.3) is 11.1 Å². The molecule has 2 aromatic rings. The number of hydrogen-bond donors (Lipinski definition) is 2. The van der Waals surface area contributed by atoms with E-state index in [0.29, 0.717) is 5.56 Å². The molecule has 0 saturated carbocycles. The van der Waals surface area contributed by atoms with E-state index in [-0.39, 0.29) is 11.3 Å². The fourth-order valence-corrected chi connectivity index (χ4v) is 1.65. The third-order valence-corrected chi connectivity index (χ3v) is 2.32. The molecule has 0 aliphatic heterocycles. The molecule has 0 fully saturated rings. The Morgan fingerprint density at radius 1 is 1.18 bits per heavy atom. The average Bonchev–Trinajstić information content (AvgIpc) is 2.58. The van der Waals surface area contributed by atoms with Gasteiger partial charge in [-0.25, -0.2) is 8.78 Å². The van der Waals surface area contributed by atoms with Crippen LogP contribution >= 0.6 is 0 Å². The highest BCUT2D eigenvalue weighted by Gasteiger charge is 2.15. The Balaban J connectivity index is 2.64. The van der Waals surface area contributed by atoms with E-state index in [4.69, 9.17) is 11.6 Å². The fourth-order valence-electron chi connectivity index (χ4n) is 1.65. The predicted octanol–water partition coefficient (Wildman–Crippen LogP) is 1.25. The second-order valence-electron chi connectivity index (χ2n) is 3.51. The van der Waals surface area contributed by atoms with E-state index >= 15 is 0 Å². The first kappa shape index (κ1) is 11.1. The molecule has 0 saturated heterocycles.